The fraction of sp³-hybridized carbons (Fsp3) is 0.562. The molecule has 1 amide bonds. The van der Waals surface area contributed by atoms with Crippen molar-refractivity contribution in [2.75, 3.05) is 33.3 Å². The van der Waals surface area contributed by atoms with Crippen LogP contribution in [0.4, 0.5) is 0 Å². The summed E-state index contributed by atoms with van der Waals surface area (Å²) in [4.78, 5) is 14.4. The Bertz CT molecular complexity index is 465. The highest BCUT2D eigenvalue weighted by Gasteiger charge is 2.28. The molecule has 0 aromatic heterocycles. The van der Waals surface area contributed by atoms with E-state index in [0.29, 0.717) is 19.7 Å². The molecular weight excluding hydrogens is 266 g/mol. The van der Waals surface area contributed by atoms with Gasteiger partial charge >= 0.3 is 0 Å². The Hall–Kier alpha value is -1.43. The van der Waals surface area contributed by atoms with Crippen LogP contribution in [0.15, 0.2) is 24.3 Å². The van der Waals surface area contributed by atoms with E-state index in [0.717, 1.165) is 19.6 Å². The van der Waals surface area contributed by atoms with Crippen LogP contribution >= 0.6 is 0 Å². The molecule has 5 heteroatoms. The van der Waals surface area contributed by atoms with Crippen LogP contribution < -0.4 is 10.6 Å². The first-order valence-corrected chi connectivity index (χ1v) is 7.53. The van der Waals surface area contributed by atoms with Crippen LogP contribution in [-0.4, -0.2) is 50.1 Å². The van der Waals surface area contributed by atoms with Gasteiger partial charge in [-0.3, -0.25) is 9.69 Å². The van der Waals surface area contributed by atoms with Crippen molar-refractivity contribution >= 4 is 5.91 Å². The van der Waals surface area contributed by atoms with E-state index in [4.69, 9.17) is 4.74 Å². The molecule has 2 N–H and O–H groups in total. The average molecular weight is 291 g/mol. The summed E-state index contributed by atoms with van der Waals surface area (Å²) in [6.07, 6.45) is 0. The third-order valence-electron chi connectivity index (χ3n) is 3.70. The molecule has 1 aliphatic heterocycles. The lowest BCUT2D eigenvalue weighted by atomic mass is 10.1. The van der Waals surface area contributed by atoms with Crippen molar-refractivity contribution in [1.29, 1.82) is 0 Å². The van der Waals surface area contributed by atoms with Crippen LogP contribution in [0, 0.1) is 0 Å². The molecule has 116 valence electrons. The van der Waals surface area contributed by atoms with Crippen LogP contribution in [0.3, 0.4) is 0 Å². The van der Waals surface area contributed by atoms with Gasteiger partial charge in [-0.2, -0.15) is 0 Å². The van der Waals surface area contributed by atoms with Gasteiger partial charge in [0.1, 0.15) is 6.04 Å². The number of likely N-dealkylation sites (N-methyl/N-ethyl adjacent to an activating group) is 1. The van der Waals surface area contributed by atoms with Gasteiger partial charge in [-0.05, 0) is 18.1 Å². The largest absolute Gasteiger partial charge is 0.380 e. The van der Waals surface area contributed by atoms with E-state index >= 15 is 0 Å². The van der Waals surface area contributed by atoms with E-state index in [1.807, 2.05) is 13.0 Å². The second kappa shape index (κ2) is 8.12. The van der Waals surface area contributed by atoms with Crippen molar-refractivity contribution < 1.29 is 9.53 Å². The van der Waals surface area contributed by atoms with Gasteiger partial charge in [0.25, 0.3) is 0 Å². The highest BCUT2D eigenvalue weighted by molar-refractivity contribution is 5.82. The van der Waals surface area contributed by atoms with Gasteiger partial charge in [0.15, 0.2) is 0 Å². The third-order valence-corrected chi connectivity index (χ3v) is 3.70. The second-order valence-electron chi connectivity index (χ2n) is 5.34. The topological polar surface area (TPSA) is 53.6 Å². The van der Waals surface area contributed by atoms with Gasteiger partial charge in [0.05, 0.1) is 6.61 Å². The first-order chi connectivity index (χ1) is 10.2. The molecular formula is C16H25N3O2. The number of hydrogen-bond donors (Lipinski definition) is 2. The van der Waals surface area contributed by atoms with E-state index in [2.05, 4.69) is 33.7 Å². The van der Waals surface area contributed by atoms with Crippen LogP contribution in [0.5, 0.6) is 0 Å². The van der Waals surface area contributed by atoms with Crippen LogP contribution in [0.25, 0.3) is 0 Å². The molecule has 1 atom stereocenters. The minimum atomic E-state index is -0.0928. The molecule has 1 heterocycles. The summed E-state index contributed by atoms with van der Waals surface area (Å²) >= 11 is 0. The van der Waals surface area contributed by atoms with Crippen molar-refractivity contribution in [2.45, 2.75) is 26.1 Å². The zero-order chi connectivity index (χ0) is 15.1. The molecule has 1 unspecified atom stereocenters. The Labute approximate surface area is 126 Å². The highest BCUT2D eigenvalue weighted by atomic mass is 16.5. The Morgan fingerprint density at radius 1 is 1.48 bits per heavy atom. The molecule has 1 fully saturated rings. The second-order valence-corrected chi connectivity index (χ2v) is 5.34. The third kappa shape index (κ3) is 4.52. The molecule has 0 saturated carbocycles. The predicted molar refractivity (Wildman–Crippen MR) is 82.9 cm³/mol. The van der Waals surface area contributed by atoms with Gasteiger partial charge in [0, 0.05) is 39.8 Å². The summed E-state index contributed by atoms with van der Waals surface area (Å²) in [6, 6.07) is 8.28. The smallest absolute Gasteiger partial charge is 0.238 e. The highest BCUT2D eigenvalue weighted by Crippen LogP contribution is 2.13. The number of carbonyl (C=O) groups is 1. The minimum Gasteiger partial charge on any atom is -0.380 e. The van der Waals surface area contributed by atoms with Gasteiger partial charge in [-0.25, -0.2) is 0 Å². The van der Waals surface area contributed by atoms with Crippen molar-refractivity contribution in [1.82, 2.24) is 15.5 Å². The summed E-state index contributed by atoms with van der Waals surface area (Å²) in [5, 5.41) is 6.22. The first kappa shape index (κ1) is 15.9. The number of nitrogens with one attached hydrogen (secondary N) is 2. The predicted octanol–water partition coefficient (Wildman–Crippen LogP) is 0.743. The van der Waals surface area contributed by atoms with E-state index in [9.17, 15) is 4.79 Å². The van der Waals surface area contributed by atoms with Crippen molar-refractivity contribution in [3.63, 3.8) is 0 Å². The molecule has 0 spiro atoms. The molecule has 1 saturated heterocycles. The number of nitrogens with zero attached hydrogens (tertiary/aromatic N) is 1. The number of ether oxygens (including phenoxy) is 1. The van der Waals surface area contributed by atoms with Crippen molar-refractivity contribution in [3.8, 4) is 0 Å². The van der Waals surface area contributed by atoms with Gasteiger partial charge in [-0.1, -0.05) is 24.3 Å². The molecule has 5 nitrogen and oxygen atoms in total. The number of rotatable bonds is 6. The Morgan fingerprint density at radius 2 is 2.29 bits per heavy atom. The molecule has 1 aliphatic rings. The van der Waals surface area contributed by atoms with E-state index in [1.165, 1.54) is 11.1 Å². The normalized spacial score (nSPS) is 19.4. The lowest BCUT2D eigenvalue weighted by molar-refractivity contribution is -0.127. The number of hydrogen-bond acceptors (Lipinski definition) is 4. The fourth-order valence-corrected chi connectivity index (χ4v) is 2.71. The monoisotopic (exact) mass is 291 g/mol. The number of benzene rings is 1. The Kier molecular flexibility index (Phi) is 6.17. The lowest BCUT2D eigenvalue weighted by Crippen LogP contribution is -2.57. The molecule has 0 aliphatic carbocycles. The summed E-state index contributed by atoms with van der Waals surface area (Å²) < 4.78 is 5.18. The number of carbonyl (C=O) groups excluding carboxylic acids is 1. The van der Waals surface area contributed by atoms with Crippen LogP contribution in [-0.2, 0) is 22.7 Å². The number of piperazine rings is 1. The molecule has 0 radical (unpaired) electrons. The lowest BCUT2D eigenvalue weighted by Gasteiger charge is -2.35. The van der Waals surface area contributed by atoms with Crippen LogP contribution in [0.1, 0.15) is 18.1 Å². The quantitative estimate of drug-likeness (QED) is 0.812. The van der Waals surface area contributed by atoms with Gasteiger partial charge in [-0.15, -0.1) is 0 Å². The van der Waals surface area contributed by atoms with Gasteiger partial charge < -0.3 is 15.4 Å². The Balaban J connectivity index is 2.04. The van der Waals surface area contributed by atoms with E-state index in [-0.39, 0.29) is 11.9 Å². The summed E-state index contributed by atoms with van der Waals surface area (Å²) in [7, 11) is 1.70. The molecule has 0 bridgehead atoms. The number of amides is 1. The van der Waals surface area contributed by atoms with Gasteiger partial charge in [0.2, 0.25) is 5.91 Å². The maximum absolute atomic E-state index is 12.2. The van der Waals surface area contributed by atoms with E-state index in [1.54, 1.807) is 7.11 Å². The van der Waals surface area contributed by atoms with Crippen molar-refractivity contribution in [2.24, 2.45) is 0 Å². The molecule has 2 rings (SSSR count). The summed E-state index contributed by atoms with van der Waals surface area (Å²) in [6.45, 7) is 6.56. The number of methoxy groups -OCH3 is 1. The standard InChI is InChI=1S/C16H25N3O2/c1-3-18-16(20)15-10-17-7-8-19(15)11-13-5-4-6-14(9-13)12-21-2/h4-6,9,15,17H,3,7-8,10-12H2,1-2H3,(H,18,20). The zero-order valence-corrected chi connectivity index (χ0v) is 12.9. The zero-order valence-electron chi connectivity index (χ0n) is 12.9. The Morgan fingerprint density at radius 3 is 3.05 bits per heavy atom. The van der Waals surface area contributed by atoms with Crippen molar-refractivity contribution in [3.05, 3.63) is 35.4 Å². The average Bonchev–Trinajstić information content (AvgIpc) is 2.49. The first-order valence-electron chi connectivity index (χ1n) is 7.53. The fourth-order valence-electron chi connectivity index (χ4n) is 2.71. The maximum Gasteiger partial charge on any atom is 0.238 e. The summed E-state index contributed by atoms with van der Waals surface area (Å²) in [5.41, 5.74) is 2.39. The molecule has 1 aromatic carbocycles. The molecule has 21 heavy (non-hydrogen) atoms. The molecule has 1 aromatic rings. The summed E-state index contributed by atoms with van der Waals surface area (Å²) in [5.74, 6) is 0.109. The van der Waals surface area contributed by atoms with E-state index < -0.39 is 0 Å². The SMILES string of the molecule is CCNC(=O)C1CNCCN1Cc1cccc(COC)c1. The maximum atomic E-state index is 12.2. The van der Waals surface area contributed by atoms with Crippen LogP contribution in [0.2, 0.25) is 0 Å². The minimum absolute atomic E-state index is 0.0928.